The molecule has 3 rings (SSSR count). The van der Waals surface area contributed by atoms with Crippen molar-refractivity contribution in [3.63, 3.8) is 0 Å². The number of nitrogen functional groups attached to an aromatic ring is 1. The lowest BCUT2D eigenvalue weighted by atomic mass is 9.96. The molecule has 1 aromatic carbocycles. The zero-order valence-electron chi connectivity index (χ0n) is 12.4. The lowest BCUT2D eigenvalue weighted by Crippen LogP contribution is -2.25. The van der Waals surface area contributed by atoms with Gasteiger partial charge in [-0.05, 0) is 25.3 Å². The average Bonchev–Trinajstić information content (AvgIpc) is 2.49. The summed E-state index contributed by atoms with van der Waals surface area (Å²) in [5.41, 5.74) is 6.23. The second-order valence-electron chi connectivity index (χ2n) is 5.35. The lowest BCUT2D eigenvalue weighted by molar-refractivity contribution is -0.384. The summed E-state index contributed by atoms with van der Waals surface area (Å²) < 4.78 is 5.95. The minimum atomic E-state index is -0.610. The van der Waals surface area contributed by atoms with Crippen LogP contribution in [-0.2, 0) is 6.54 Å². The van der Waals surface area contributed by atoms with Crippen molar-refractivity contribution >= 4 is 17.5 Å². The predicted octanol–water partition coefficient (Wildman–Crippen LogP) is 2.51. The Kier molecular flexibility index (Phi) is 4.22. The van der Waals surface area contributed by atoms with Gasteiger partial charge in [0.15, 0.2) is 0 Å². The number of para-hydroxylation sites is 1. The Balaban J connectivity index is 1.68. The zero-order chi connectivity index (χ0) is 16.2. The smallest absolute Gasteiger partial charge is 0.329 e. The zero-order valence-corrected chi connectivity index (χ0v) is 12.4. The minimum Gasteiger partial charge on any atom is -0.490 e. The second-order valence-corrected chi connectivity index (χ2v) is 5.35. The first-order valence-corrected chi connectivity index (χ1v) is 7.39. The predicted molar refractivity (Wildman–Crippen MR) is 85.1 cm³/mol. The third kappa shape index (κ3) is 3.47. The summed E-state index contributed by atoms with van der Waals surface area (Å²) in [5.74, 6) is 0.914. The maximum absolute atomic E-state index is 10.7. The van der Waals surface area contributed by atoms with Crippen LogP contribution in [0.15, 0.2) is 30.5 Å². The molecule has 1 aliphatic carbocycles. The van der Waals surface area contributed by atoms with Crippen LogP contribution < -0.4 is 15.8 Å². The molecule has 23 heavy (non-hydrogen) atoms. The normalized spacial score (nSPS) is 14.1. The number of ether oxygens (including phenoxy) is 1. The van der Waals surface area contributed by atoms with Gasteiger partial charge in [0.05, 0.1) is 11.0 Å². The van der Waals surface area contributed by atoms with Gasteiger partial charge in [0.25, 0.3) is 0 Å². The van der Waals surface area contributed by atoms with E-state index < -0.39 is 4.92 Å². The fourth-order valence-electron chi connectivity index (χ4n) is 2.22. The van der Waals surface area contributed by atoms with Crippen molar-refractivity contribution in [3.8, 4) is 5.75 Å². The monoisotopic (exact) mass is 315 g/mol. The van der Waals surface area contributed by atoms with E-state index >= 15 is 0 Å². The Bertz CT molecular complexity index is 718. The molecule has 0 radical (unpaired) electrons. The third-order valence-corrected chi connectivity index (χ3v) is 3.75. The molecule has 1 fully saturated rings. The number of hydrogen-bond donors (Lipinski definition) is 2. The number of nitrogens with one attached hydrogen (secondary N) is 1. The summed E-state index contributed by atoms with van der Waals surface area (Å²) in [4.78, 5) is 17.9. The maximum Gasteiger partial charge on any atom is 0.329 e. The van der Waals surface area contributed by atoms with Gasteiger partial charge in [0.1, 0.15) is 11.9 Å². The highest BCUT2D eigenvalue weighted by Gasteiger charge is 2.20. The van der Waals surface area contributed by atoms with E-state index in [0.717, 1.165) is 30.4 Å². The average molecular weight is 315 g/mol. The lowest BCUT2D eigenvalue weighted by Gasteiger charge is -2.27. The summed E-state index contributed by atoms with van der Waals surface area (Å²) in [6.07, 6.45) is 4.78. The molecule has 0 atom stereocenters. The fourth-order valence-corrected chi connectivity index (χ4v) is 2.22. The molecule has 0 amide bonds. The quantitative estimate of drug-likeness (QED) is 0.621. The Hall–Kier alpha value is -2.90. The van der Waals surface area contributed by atoms with E-state index in [4.69, 9.17) is 10.5 Å². The number of aromatic nitrogens is 2. The molecule has 0 spiro atoms. The first-order chi connectivity index (χ1) is 11.1. The van der Waals surface area contributed by atoms with Crippen LogP contribution in [0.2, 0.25) is 0 Å². The van der Waals surface area contributed by atoms with Gasteiger partial charge in [-0.2, -0.15) is 4.98 Å². The summed E-state index contributed by atoms with van der Waals surface area (Å²) in [6.45, 7) is 0.445. The van der Waals surface area contributed by atoms with Crippen molar-refractivity contribution in [2.75, 3.05) is 11.1 Å². The molecular formula is C15H17N5O3. The van der Waals surface area contributed by atoms with Crippen LogP contribution in [0.25, 0.3) is 0 Å². The minimum absolute atomic E-state index is 0.161. The molecule has 3 N–H and O–H groups in total. The van der Waals surface area contributed by atoms with Gasteiger partial charge < -0.3 is 15.8 Å². The molecule has 1 saturated carbocycles. The van der Waals surface area contributed by atoms with Crippen molar-refractivity contribution < 1.29 is 9.66 Å². The number of benzene rings is 1. The van der Waals surface area contributed by atoms with Crippen molar-refractivity contribution in [2.24, 2.45) is 0 Å². The molecule has 0 saturated heterocycles. The SMILES string of the molecule is Nc1nc(NCc2ccccc2OC2CCC2)ncc1[N+](=O)[O-]. The van der Waals surface area contributed by atoms with Gasteiger partial charge in [0.2, 0.25) is 11.8 Å². The highest BCUT2D eigenvalue weighted by Crippen LogP contribution is 2.28. The van der Waals surface area contributed by atoms with E-state index in [9.17, 15) is 10.1 Å². The van der Waals surface area contributed by atoms with E-state index in [0.29, 0.717) is 12.6 Å². The van der Waals surface area contributed by atoms with Gasteiger partial charge in [-0.1, -0.05) is 18.2 Å². The molecule has 0 bridgehead atoms. The number of rotatable bonds is 6. The van der Waals surface area contributed by atoms with Crippen LogP contribution in [0.5, 0.6) is 5.75 Å². The fraction of sp³-hybridized carbons (Fsp3) is 0.333. The Morgan fingerprint density at radius 2 is 2.17 bits per heavy atom. The number of anilines is 2. The van der Waals surface area contributed by atoms with E-state index in [1.165, 1.54) is 6.42 Å². The second kappa shape index (κ2) is 6.47. The van der Waals surface area contributed by atoms with E-state index in [1.54, 1.807) is 0 Å². The van der Waals surface area contributed by atoms with Crippen LogP contribution in [-0.4, -0.2) is 21.0 Å². The van der Waals surface area contributed by atoms with Gasteiger partial charge in [0, 0.05) is 12.1 Å². The molecule has 1 heterocycles. The molecule has 0 unspecified atom stereocenters. The van der Waals surface area contributed by atoms with Gasteiger partial charge in [-0.15, -0.1) is 0 Å². The Morgan fingerprint density at radius 3 is 2.83 bits per heavy atom. The van der Waals surface area contributed by atoms with Crippen LogP contribution >= 0.6 is 0 Å². The molecule has 0 aliphatic heterocycles. The number of nitro groups is 1. The summed E-state index contributed by atoms with van der Waals surface area (Å²) in [6, 6.07) is 7.74. The standard InChI is InChI=1S/C15H17N5O3/c16-14-12(20(21)22)9-18-15(19-14)17-8-10-4-1-2-7-13(10)23-11-5-3-6-11/h1-2,4,7,9,11H,3,5-6,8H2,(H3,16,17,18,19). The Labute approximate surface area is 132 Å². The van der Waals surface area contributed by atoms with Gasteiger partial charge in [-0.3, -0.25) is 10.1 Å². The number of hydrogen-bond acceptors (Lipinski definition) is 7. The maximum atomic E-state index is 10.7. The number of nitrogens with zero attached hydrogens (tertiary/aromatic N) is 3. The Morgan fingerprint density at radius 1 is 1.39 bits per heavy atom. The highest BCUT2D eigenvalue weighted by atomic mass is 16.6. The first kappa shape index (κ1) is 15.0. The first-order valence-electron chi connectivity index (χ1n) is 7.39. The van der Waals surface area contributed by atoms with Crippen molar-refractivity contribution in [1.29, 1.82) is 0 Å². The molecule has 8 heteroatoms. The van der Waals surface area contributed by atoms with Crippen molar-refractivity contribution in [2.45, 2.75) is 31.9 Å². The van der Waals surface area contributed by atoms with Crippen LogP contribution in [0.4, 0.5) is 17.5 Å². The van der Waals surface area contributed by atoms with Gasteiger partial charge in [-0.25, -0.2) is 4.98 Å². The van der Waals surface area contributed by atoms with E-state index in [-0.39, 0.29) is 17.5 Å². The molecule has 1 aromatic heterocycles. The highest BCUT2D eigenvalue weighted by molar-refractivity contribution is 5.53. The van der Waals surface area contributed by atoms with Crippen molar-refractivity contribution in [1.82, 2.24) is 9.97 Å². The van der Waals surface area contributed by atoms with Crippen LogP contribution in [0.1, 0.15) is 24.8 Å². The van der Waals surface area contributed by atoms with E-state index in [1.807, 2.05) is 24.3 Å². The third-order valence-electron chi connectivity index (χ3n) is 3.75. The molecule has 120 valence electrons. The molecular weight excluding hydrogens is 298 g/mol. The summed E-state index contributed by atoms with van der Waals surface area (Å²) in [5, 5.41) is 13.7. The molecule has 1 aliphatic rings. The van der Waals surface area contributed by atoms with Crippen molar-refractivity contribution in [3.05, 3.63) is 46.1 Å². The molecule has 2 aromatic rings. The van der Waals surface area contributed by atoms with E-state index in [2.05, 4.69) is 15.3 Å². The van der Waals surface area contributed by atoms with Gasteiger partial charge >= 0.3 is 5.69 Å². The number of nitrogens with two attached hydrogens (primary N) is 1. The van der Waals surface area contributed by atoms with Crippen LogP contribution in [0.3, 0.4) is 0 Å². The summed E-state index contributed by atoms with van der Waals surface area (Å²) in [7, 11) is 0. The molecule has 8 nitrogen and oxygen atoms in total. The largest absolute Gasteiger partial charge is 0.490 e. The topological polar surface area (TPSA) is 116 Å². The van der Waals surface area contributed by atoms with Crippen LogP contribution in [0, 0.1) is 10.1 Å². The summed E-state index contributed by atoms with van der Waals surface area (Å²) >= 11 is 0.